The van der Waals surface area contributed by atoms with Gasteiger partial charge in [-0.3, -0.25) is 9.59 Å². The van der Waals surface area contributed by atoms with Crippen molar-refractivity contribution < 1.29 is 14.3 Å². The van der Waals surface area contributed by atoms with Crippen LogP contribution in [0.25, 0.3) is 0 Å². The lowest BCUT2D eigenvalue weighted by Crippen LogP contribution is -2.23. The SMILES string of the molecule is Cc1cc(NC(=O)COc2ccc(N3CCCC3=O)cc2)ccc1Br. The van der Waals surface area contributed by atoms with E-state index in [9.17, 15) is 9.59 Å². The molecule has 0 aromatic heterocycles. The lowest BCUT2D eigenvalue weighted by molar-refractivity contribution is -0.118. The minimum Gasteiger partial charge on any atom is -0.484 e. The molecular formula is C19H19BrN2O3. The maximum absolute atomic E-state index is 12.0. The van der Waals surface area contributed by atoms with Crippen LogP contribution in [0, 0.1) is 6.92 Å². The van der Waals surface area contributed by atoms with E-state index in [4.69, 9.17) is 4.74 Å². The Bertz CT molecular complexity index is 790. The van der Waals surface area contributed by atoms with Crippen LogP contribution in [0.3, 0.4) is 0 Å². The third-order valence-electron chi connectivity index (χ3n) is 4.03. The highest BCUT2D eigenvalue weighted by molar-refractivity contribution is 9.10. The van der Waals surface area contributed by atoms with Crippen LogP contribution in [0.1, 0.15) is 18.4 Å². The van der Waals surface area contributed by atoms with Gasteiger partial charge in [-0.25, -0.2) is 0 Å². The number of anilines is 2. The number of hydrogen-bond acceptors (Lipinski definition) is 3. The first kappa shape index (κ1) is 17.5. The fourth-order valence-electron chi connectivity index (χ4n) is 2.71. The van der Waals surface area contributed by atoms with Crippen LogP contribution >= 0.6 is 15.9 Å². The van der Waals surface area contributed by atoms with Crippen molar-refractivity contribution in [3.8, 4) is 5.75 Å². The number of rotatable bonds is 5. The van der Waals surface area contributed by atoms with Crippen molar-refractivity contribution in [2.45, 2.75) is 19.8 Å². The minimum atomic E-state index is -0.222. The third-order valence-corrected chi connectivity index (χ3v) is 4.92. The maximum Gasteiger partial charge on any atom is 0.262 e. The number of amides is 2. The third kappa shape index (κ3) is 4.39. The largest absolute Gasteiger partial charge is 0.484 e. The number of carbonyl (C=O) groups excluding carboxylic acids is 2. The second-order valence-corrected chi connectivity index (χ2v) is 6.80. The van der Waals surface area contributed by atoms with E-state index in [2.05, 4.69) is 21.2 Å². The van der Waals surface area contributed by atoms with Gasteiger partial charge in [0.2, 0.25) is 5.91 Å². The molecule has 3 rings (SSSR count). The van der Waals surface area contributed by atoms with Gasteiger partial charge >= 0.3 is 0 Å². The van der Waals surface area contributed by atoms with Gasteiger partial charge in [0.05, 0.1) is 0 Å². The monoisotopic (exact) mass is 402 g/mol. The standard InChI is InChI=1S/C19H19BrN2O3/c1-13-11-14(4-9-17(13)20)21-18(23)12-25-16-7-5-15(6-8-16)22-10-2-3-19(22)24/h4-9,11H,2-3,10,12H2,1H3,(H,21,23). The van der Waals surface area contributed by atoms with Crippen molar-refractivity contribution in [1.82, 2.24) is 0 Å². The highest BCUT2D eigenvalue weighted by Gasteiger charge is 2.21. The van der Waals surface area contributed by atoms with Crippen LogP contribution < -0.4 is 15.0 Å². The summed E-state index contributed by atoms with van der Waals surface area (Å²) in [6.45, 7) is 2.65. The Morgan fingerprint density at radius 1 is 1.24 bits per heavy atom. The predicted octanol–water partition coefficient (Wildman–Crippen LogP) is 3.90. The van der Waals surface area contributed by atoms with Gasteiger partial charge in [0.1, 0.15) is 5.75 Å². The average Bonchev–Trinajstić information content (AvgIpc) is 3.03. The number of benzene rings is 2. The summed E-state index contributed by atoms with van der Waals surface area (Å²) >= 11 is 3.43. The summed E-state index contributed by atoms with van der Waals surface area (Å²) in [5.74, 6) is 0.524. The maximum atomic E-state index is 12.0. The first-order valence-corrected chi connectivity index (χ1v) is 8.91. The number of aryl methyl sites for hydroxylation is 1. The molecule has 1 heterocycles. The van der Waals surface area contributed by atoms with Gasteiger partial charge in [-0.1, -0.05) is 15.9 Å². The molecule has 5 nitrogen and oxygen atoms in total. The zero-order chi connectivity index (χ0) is 17.8. The molecule has 2 aromatic carbocycles. The smallest absolute Gasteiger partial charge is 0.262 e. The van der Waals surface area contributed by atoms with E-state index in [1.54, 1.807) is 17.0 Å². The molecule has 0 bridgehead atoms. The van der Waals surface area contributed by atoms with E-state index in [0.29, 0.717) is 12.2 Å². The van der Waals surface area contributed by atoms with Crippen molar-refractivity contribution >= 4 is 39.1 Å². The van der Waals surface area contributed by atoms with Crippen molar-refractivity contribution in [2.24, 2.45) is 0 Å². The van der Waals surface area contributed by atoms with Gasteiger partial charge in [0, 0.05) is 28.8 Å². The normalized spacial score (nSPS) is 13.8. The van der Waals surface area contributed by atoms with Gasteiger partial charge in [-0.15, -0.1) is 0 Å². The second-order valence-electron chi connectivity index (χ2n) is 5.94. The summed E-state index contributed by atoms with van der Waals surface area (Å²) in [7, 11) is 0. The molecule has 1 N–H and O–H groups in total. The molecule has 1 aliphatic heterocycles. The lowest BCUT2D eigenvalue weighted by Gasteiger charge is -2.16. The molecule has 1 aliphatic rings. The summed E-state index contributed by atoms with van der Waals surface area (Å²) in [6.07, 6.45) is 1.50. The van der Waals surface area contributed by atoms with Crippen LogP contribution in [0.15, 0.2) is 46.9 Å². The quantitative estimate of drug-likeness (QED) is 0.824. The molecule has 0 atom stereocenters. The first-order chi connectivity index (χ1) is 12.0. The zero-order valence-corrected chi connectivity index (χ0v) is 15.5. The summed E-state index contributed by atoms with van der Waals surface area (Å²) in [6, 6.07) is 12.9. The van der Waals surface area contributed by atoms with Crippen molar-refractivity contribution in [3.05, 3.63) is 52.5 Å². The summed E-state index contributed by atoms with van der Waals surface area (Å²) in [5, 5.41) is 2.80. The van der Waals surface area contributed by atoms with E-state index in [1.807, 2.05) is 37.3 Å². The van der Waals surface area contributed by atoms with Gasteiger partial charge in [-0.05, 0) is 61.4 Å². The Labute approximate surface area is 155 Å². The van der Waals surface area contributed by atoms with Gasteiger partial charge < -0.3 is 15.0 Å². The Hall–Kier alpha value is -2.34. The Morgan fingerprint density at radius 2 is 2.00 bits per heavy atom. The minimum absolute atomic E-state index is 0.0723. The molecule has 2 aromatic rings. The van der Waals surface area contributed by atoms with Crippen LogP contribution in [0.5, 0.6) is 5.75 Å². The van der Waals surface area contributed by atoms with Crippen LogP contribution in [0.4, 0.5) is 11.4 Å². The summed E-state index contributed by atoms with van der Waals surface area (Å²) in [5.41, 5.74) is 2.65. The summed E-state index contributed by atoms with van der Waals surface area (Å²) in [4.78, 5) is 25.5. The molecule has 6 heteroatoms. The number of carbonyl (C=O) groups is 2. The number of nitrogens with zero attached hydrogens (tertiary/aromatic N) is 1. The molecule has 1 saturated heterocycles. The molecule has 0 unspecified atom stereocenters. The van der Waals surface area contributed by atoms with Crippen LogP contribution in [-0.2, 0) is 9.59 Å². The van der Waals surface area contributed by atoms with E-state index >= 15 is 0 Å². The Balaban J connectivity index is 1.53. The fourth-order valence-corrected chi connectivity index (χ4v) is 2.96. The predicted molar refractivity (Wildman–Crippen MR) is 101 cm³/mol. The average molecular weight is 403 g/mol. The van der Waals surface area contributed by atoms with Crippen molar-refractivity contribution in [1.29, 1.82) is 0 Å². The number of ether oxygens (including phenoxy) is 1. The molecule has 0 radical (unpaired) electrons. The number of hydrogen-bond donors (Lipinski definition) is 1. The number of halogens is 1. The molecule has 2 amide bonds. The molecule has 1 fully saturated rings. The molecule has 0 aliphatic carbocycles. The van der Waals surface area contributed by atoms with Crippen molar-refractivity contribution in [3.63, 3.8) is 0 Å². The van der Waals surface area contributed by atoms with E-state index in [-0.39, 0.29) is 18.4 Å². The van der Waals surface area contributed by atoms with Crippen LogP contribution in [0.2, 0.25) is 0 Å². The van der Waals surface area contributed by atoms with Crippen LogP contribution in [-0.4, -0.2) is 25.0 Å². The summed E-state index contributed by atoms with van der Waals surface area (Å²) < 4.78 is 6.51. The van der Waals surface area contributed by atoms with Crippen molar-refractivity contribution in [2.75, 3.05) is 23.4 Å². The highest BCUT2D eigenvalue weighted by Crippen LogP contribution is 2.24. The molecule has 130 valence electrons. The molecule has 25 heavy (non-hydrogen) atoms. The topological polar surface area (TPSA) is 58.6 Å². The van der Waals surface area contributed by atoms with Gasteiger partial charge in [-0.2, -0.15) is 0 Å². The lowest BCUT2D eigenvalue weighted by atomic mass is 10.2. The fraction of sp³-hybridized carbons (Fsp3) is 0.263. The molecular weight excluding hydrogens is 384 g/mol. The zero-order valence-electron chi connectivity index (χ0n) is 13.9. The Kier molecular flexibility index (Phi) is 5.38. The second kappa shape index (κ2) is 7.70. The van der Waals surface area contributed by atoms with Gasteiger partial charge in [0.15, 0.2) is 6.61 Å². The molecule has 0 saturated carbocycles. The van der Waals surface area contributed by atoms with Gasteiger partial charge in [0.25, 0.3) is 5.91 Å². The van der Waals surface area contributed by atoms with E-state index in [0.717, 1.165) is 34.4 Å². The van der Waals surface area contributed by atoms with E-state index < -0.39 is 0 Å². The highest BCUT2D eigenvalue weighted by atomic mass is 79.9. The Morgan fingerprint density at radius 3 is 2.64 bits per heavy atom. The van der Waals surface area contributed by atoms with E-state index in [1.165, 1.54) is 0 Å². The molecule has 0 spiro atoms. The number of nitrogens with one attached hydrogen (secondary N) is 1. The first-order valence-electron chi connectivity index (χ1n) is 8.12.